The molecule has 9 nitrogen and oxygen atoms in total. The highest BCUT2D eigenvalue weighted by Crippen LogP contribution is 2.15. The average Bonchev–Trinajstić information content (AvgIpc) is 2.79. The third-order valence-electron chi connectivity index (χ3n) is 4.95. The van der Waals surface area contributed by atoms with Crippen molar-refractivity contribution in [3.63, 3.8) is 0 Å². The molecule has 1 aromatic heterocycles. The fourth-order valence-corrected chi connectivity index (χ4v) is 4.06. The number of pyridine rings is 1. The van der Waals surface area contributed by atoms with Crippen molar-refractivity contribution in [2.24, 2.45) is 0 Å². The highest BCUT2D eigenvalue weighted by Gasteiger charge is 2.21. The molecule has 1 aromatic carbocycles. The smallest absolute Gasteiger partial charge is 0.354 e. The van der Waals surface area contributed by atoms with Gasteiger partial charge in [0.15, 0.2) is 5.69 Å². The number of aromatic carboxylic acids is 1. The molecule has 2 rings (SSSR count). The second-order valence-corrected chi connectivity index (χ2v) is 9.24. The van der Waals surface area contributed by atoms with Crippen LogP contribution in [0.4, 0.5) is 0 Å². The summed E-state index contributed by atoms with van der Waals surface area (Å²) < 4.78 is 27.2. The van der Waals surface area contributed by atoms with E-state index in [1.54, 1.807) is 0 Å². The van der Waals surface area contributed by atoms with Crippen LogP contribution >= 0.6 is 0 Å². The van der Waals surface area contributed by atoms with Gasteiger partial charge in [-0.05, 0) is 55.2 Å². The van der Waals surface area contributed by atoms with Crippen LogP contribution in [0, 0.1) is 0 Å². The number of nitrogens with one attached hydrogen (secondary N) is 2. The second-order valence-electron chi connectivity index (χ2n) is 7.56. The normalized spacial score (nSPS) is 11.1. The van der Waals surface area contributed by atoms with Crippen LogP contribution in [0.2, 0.25) is 0 Å². The summed E-state index contributed by atoms with van der Waals surface area (Å²) in [6.07, 6.45) is 5.78. The van der Waals surface area contributed by atoms with Crippen LogP contribution in [0.1, 0.15) is 82.7 Å². The third kappa shape index (κ3) is 7.38. The first-order valence-corrected chi connectivity index (χ1v) is 12.4. The zero-order valence-electron chi connectivity index (χ0n) is 18.8. The quantitative estimate of drug-likeness (QED) is 0.400. The van der Waals surface area contributed by atoms with Gasteiger partial charge in [-0.1, -0.05) is 33.1 Å². The Morgan fingerprint density at radius 3 is 2.21 bits per heavy atom. The van der Waals surface area contributed by atoms with E-state index in [4.69, 9.17) is 0 Å². The van der Waals surface area contributed by atoms with Crippen LogP contribution in [0.15, 0.2) is 41.4 Å². The molecular weight excluding hydrogens is 446 g/mol. The Balaban J connectivity index is 2.15. The lowest BCUT2D eigenvalue weighted by Gasteiger charge is -2.10. The Labute approximate surface area is 193 Å². The highest BCUT2D eigenvalue weighted by atomic mass is 32.2. The van der Waals surface area contributed by atoms with Crippen molar-refractivity contribution < 1.29 is 27.9 Å². The molecule has 0 saturated heterocycles. The number of aromatic nitrogens is 1. The van der Waals surface area contributed by atoms with Crippen molar-refractivity contribution in [3.05, 3.63) is 58.9 Å². The number of hydrogen-bond acceptors (Lipinski definition) is 6. The molecule has 0 radical (unpaired) electrons. The molecule has 10 heteroatoms. The molecule has 33 heavy (non-hydrogen) atoms. The summed E-state index contributed by atoms with van der Waals surface area (Å²) in [6, 6.07) is 6.59. The van der Waals surface area contributed by atoms with Crippen molar-refractivity contribution in [3.8, 4) is 0 Å². The molecule has 0 aliphatic heterocycles. The zero-order chi connectivity index (χ0) is 24.4. The monoisotopic (exact) mass is 475 g/mol. The van der Waals surface area contributed by atoms with Crippen LogP contribution in [0.25, 0.3) is 0 Å². The number of aryl methyl sites for hydroxylation is 1. The Kier molecular flexibility index (Phi) is 9.53. The standard InChI is InChI=1S/C23H29N3O6S/c1-3-5-7-8-17-14-18(15-25-20(17)23(29)30)22(28)26-33(31,32)19-11-9-16(10-12-19)21(27)24-13-6-4-2/h9-12,14-15H,3-8,13H2,1-2H3,(H,24,27)(H,26,28)(H,29,30). The Morgan fingerprint density at radius 2 is 1.61 bits per heavy atom. The van der Waals surface area contributed by atoms with Crippen molar-refractivity contribution in [1.82, 2.24) is 15.0 Å². The lowest BCUT2D eigenvalue weighted by molar-refractivity contribution is 0.0688. The van der Waals surface area contributed by atoms with Crippen LogP contribution in [0.5, 0.6) is 0 Å². The summed E-state index contributed by atoms with van der Waals surface area (Å²) in [7, 11) is -4.21. The maximum absolute atomic E-state index is 12.6. The van der Waals surface area contributed by atoms with Gasteiger partial charge in [-0.3, -0.25) is 9.59 Å². The number of rotatable bonds is 12. The minimum atomic E-state index is -4.21. The molecule has 0 fully saturated rings. The number of hydrogen-bond donors (Lipinski definition) is 3. The Hall–Kier alpha value is -3.27. The lowest BCUT2D eigenvalue weighted by atomic mass is 10.0. The SMILES string of the molecule is CCCCCc1cc(C(=O)NS(=O)(=O)c2ccc(C(=O)NCCCC)cc2)cnc1C(=O)O. The number of amides is 2. The molecular formula is C23H29N3O6S. The van der Waals surface area contributed by atoms with E-state index in [0.717, 1.165) is 38.3 Å². The van der Waals surface area contributed by atoms with Crippen molar-refractivity contribution in [2.75, 3.05) is 6.54 Å². The van der Waals surface area contributed by atoms with E-state index in [9.17, 15) is 27.9 Å². The van der Waals surface area contributed by atoms with Crippen LogP contribution < -0.4 is 10.0 Å². The van der Waals surface area contributed by atoms with Gasteiger partial charge in [0, 0.05) is 18.3 Å². The molecule has 0 saturated carbocycles. The maximum Gasteiger partial charge on any atom is 0.354 e. The highest BCUT2D eigenvalue weighted by molar-refractivity contribution is 7.90. The zero-order valence-corrected chi connectivity index (χ0v) is 19.6. The summed E-state index contributed by atoms with van der Waals surface area (Å²) in [5, 5.41) is 12.1. The Bertz CT molecular complexity index is 1100. The molecule has 2 aromatic rings. The van der Waals surface area contributed by atoms with Crippen LogP contribution in [0.3, 0.4) is 0 Å². The molecule has 1 heterocycles. The fraction of sp³-hybridized carbons (Fsp3) is 0.391. The van der Waals surface area contributed by atoms with E-state index in [1.165, 1.54) is 30.3 Å². The summed E-state index contributed by atoms with van der Waals surface area (Å²) >= 11 is 0. The number of unbranched alkanes of at least 4 members (excludes halogenated alkanes) is 3. The van der Waals surface area contributed by atoms with Gasteiger partial charge in [0.1, 0.15) is 0 Å². The number of nitrogens with zero attached hydrogens (tertiary/aromatic N) is 1. The first-order chi connectivity index (χ1) is 15.7. The number of carboxylic acid groups (broad SMARTS) is 1. The van der Waals surface area contributed by atoms with Gasteiger partial charge in [-0.2, -0.15) is 0 Å². The summed E-state index contributed by atoms with van der Waals surface area (Å²) in [5.41, 5.74) is 0.473. The molecule has 178 valence electrons. The van der Waals surface area contributed by atoms with Gasteiger partial charge in [-0.25, -0.2) is 22.9 Å². The van der Waals surface area contributed by atoms with Gasteiger partial charge in [0.05, 0.1) is 10.5 Å². The summed E-state index contributed by atoms with van der Waals surface area (Å²) in [6.45, 7) is 4.54. The van der Waals surface area contributed by atoms with E-state index in [2.05, 4.69) is 10.3 Å². The van der Waals surface area contributed by atoms with E-state index in [1.807, 2.05) is 18.6 Å². The average molecular weight is 476 g/mol. The van der Waals surface area contributed by atoms with Crippen molar-refractivity contribution in [2.45, 2.75) is 57.3 Å². The molecule has 0 aliphatic carbocycles. The van der Waals surface area contributed by atoms with Gasteiger partial charge in [0.25, 0.3) is 21.8 Å². The minimum absolute atomic E-state index is 0.0537. The van der Waals surface area contributed by atoms with Gasteiger partial charge >= 0.3 is 5.97 Å². The first-order valence-electron chi connectivity index (χ1n) is 10.9. The van der Waals surface area contributed by atoms with Crippen molar-refractivity contribution >= 4 is 27.8 Å². The summed E-state index contributed by atoms with van der Waals surface area (Å²) in [5.74, 6) is -2.44. The minimum Gasteiger partial charge on any atom is -0.477 e. The van der Waals surface area contributed by atoms with E-state index < -0.39 is 21.9 Å². The number of benzene rings is 1. The predicted octanol–water partition coefficient (Wildman–Crippen LogP) is 3.16. The molecule has 0 bridgehead atoms. The van der Waals surface area contributed by atoms with Gasteiger partial charge in [-0.15, -0.1) is 0 Å². The first kappa shape index (κ1) is 26.0. The number of sulfonamides is 1. The van der Waals surface area contributed by atoms with Crippen LogP contribution in [-0.4, -0.2) is 42.8 Å². The molecule has 3 N–H and O–H groups in total. The van der Waals surface area contributed by atoms with E-state index in [0.29, 0.717) is 24.1 Å². The molecule has 0 atom stereocenters. The number of carbonyl (C=O) groups is 3. The Morgan fingerprint density at radius 1 is 0.939 bits per heavy atom. The molecule has 0 aliphatic rings. The number of carbonyl (C=O) groups excluding carboxylic acids is 2. The summed E-state index contributed by atoms with van der Waals surface area (Å²) in [4.78, 5) is 39.7. The molecule has 2 amide bonds. The molecule has 0 spiro atoms. The van der Waals surface area contributed by atoms with Crippen LogP contribution in [-0.2, 0) is 16.4 Å². The predicted molar refractivity (Wildman–Crippen MR) is 123 cm³/mol. The van der Waals surface area contributed by atoms with E-state index in [-0.39, 0.29) is 22.1 Å². The maximum atomic E-state index is 12.6. The largest absolute Gasteiger partial charge is 0.477 e. The van der Waals surface area contributed by atoms with Gasteiger partial charge < -0.3 is 10.4 Å². The van der Waals surface area contributed by atoms with Crippen molar-refractivity contribution in [1.29, 1.82) is 0 Å². The number of carboxylic acids is 1. The molecule has 0 unspecified atom stereocenters. The third-order valence-corrected chi connectivity index (χ3v) is 6.30. The van der Waals surface area contributed by atoms with E-state index >= 15 is 0 Å². The second kappa shape index (κ2) is 12.1. The van der Waals surface area contributed by atoms with Gasteiger partial charge in [0.2, 0.25) is 0 Å². The lowest BCUT2D eigenvalue weighted by Crippen LogP contribution is -2.31. The topological polar surface area (TPSA) is 143 Å². The fourth-order valence-electron chi connectivity index (χ4n) is 3.09.